The lowest BCUT2D eigenvalue weighted by atomic mass is 9.87. The molecule has 6 nitrogen and oxygen atoms in total. The number of aromatic nitrogens is 3. The van der Waals surface area contributed by atoms with Gasteiger partial charge < -0.3 is 5.32 Å². The third kappa shape index (κ3) is 2.88. The molecule has 0 fully saturated rings. The minimum Gasteiger partial charge on any atom is -0.347 e. The molecule has 0 spiro atoms. The van der Waals surface area contributed by atoms with Gasteiger partial charge in [0.25, 0.3) is 5.56 Å². The number of benzene rings is 1. The van der Waals surface area contributed by atoms with E-state index in [0.717, 1.165) is 29.5 Å². The van der Waals surface area contributed by atoms with Crippen molar-refractivity contribution in [1.29, 1.82) is 0 Å². The van der Waals surface area contributed by atoms with Crippen molar-refractivity contribution in [3.05, 3.63) is 69.1 Å². The number of carbonyl (C=O) groups is 1. The summed E-state index contributed by atoms with van der Waals surface area (Å²) in [4.78, 5) is 26.1. The molecule has 1 N–H and O–H groups in total. The van der Waals surface area contributed by atoms with E-state index in [1.807, 2.05) is 41.0 Å². The Morgan fingerprint density at radius 1 is 1.28 bits per heavy atom. The summed E-state index contributed by atoms with van der Waals surface area (Å²) in [6.07, 6.45) is 2.99. The van der Waals surface area contributed by atoms with E-state index in [1.165, 1.54) is 15.8 Å². The largest absolute Gasteiger partial charge is 0.347 e. The second-order valence-electron chi connectivity index (χ2n) is 7.66. The third-order valence-electron chi connectivity index (χ3n) is 5.86. The zero-order valence-electron chi connectivity index (χ0n) is 16.4. The van der Waals surface area contributed by atoms with Crippen LogP contribution in [-0.2, 0) is 11.2 Å². The Balaban J connectivity index is 1.48. The van der Waals surface area contributed by atoms with Crippen molar-refractivity contribution in [1.82, 2.24) is 19.5 Å². The molecule has 7 heteroatoms. The Morgan fingerprint density at radius 2 is 2.10 bits per heavy atom. The fourth-order valence-corrected chi connectivity index (χ4v) is 5.17. The highest BCUT2D eigenvalue weighted by atomic mass is 32.1. The molecule has 0 bridgehead atoms. The maximum absolute atomic E-state index is 13.1. The van der Waals surface area contributed by atoms with Gasteiger partial charge in [0.05, 0.1) is 16.3 Å². The summed E-state index contributed by atoms with van der Waals surface area (Å²) in [5.41, 5.74) is 3.76. The fourth-order valence-electron chi connectivity index (χ4n) is 4.36. The summed E-state index contributed by atoms with van der Waals surface area (Å²) in [5, 5.41) is 9.62. The topological polar surface area (TPSA) is 68.4 Å². The average molecular weight is 407 g/mol. The predicted octanol–water partition coefficient (Wildman–Crippen LogP) is 3.77. The van der Waals surface area contributed by atoms with Gasteiger partial charge >= 0.3 is 0 Å². The van der Waals surface area contributed by atoms with Gasteiger partial charge in [-0.1, -0.05) is 24.3 Å². The first-order chi connectivity index (χ1) is 14.0. The van der Waals surface area contributed by atoms with Crippen LogP contribution in [0.2, 0.25) is 0 Å². The Morgan fingerprint density at radius 3 is 2.97 bits per heavy atom. The molecule has 3 aromatic heterocycles. The van der Waals surface area contributed by atoms with Crippen LogP contribution in [0, 0.1) is 6.92 Å². The first-order valence-electron chi connectivity index (χ1n) is 9.91. The lowest BCUT2D eigenvalue weighted by Gasteiger charge is -2.27. The number of carbonyl (C=O) groups excluding carboxylic acids is 1. The van der Waals surface area contributed by atoms with Crippen LogP contribution in [0.4, 0.5) is 0 Å². The Bertz CT molecular complexity index is 1300. The normalized spacial score (nSPS) is 17.4. The first kappa shape index (κ1) is 18.1. The summed E-state index contributed by atoms with van der Waals surface area (Å²) in [7, 11) is 0. The van der Waals surface area contributed by atoms with Crippen LogP contribution in [-0.4, -0.2) is 20.1 Å². The molecule has 1 aliphatic rings. The van der Waals surface area contributed by atoms with Crippen molar-refractivity contribution in [3.8, 4) is 0 Å². The van der Waals surface area contributed by atoms with Crippen LogP contribution in [0.5, 0.6) is 0 Å². The molecule has 1 aromatic carbocycles. The van der Waals surface area contributed by atoms with E-state index >= 15 is 0 Å². The van der Waals surface area contributed by atoms with E-state index in [2.05, 4.69) is 22.5 Å². The van der Waals surface area contributed by atoms with Crippen molar-refractivity contribution in [2.75, 3.05) is 0 Å². The predicted molar refractivity (Wildman–Crippen MR) is 115 cm³/mol. The number of hydrogen-bond acceptors (Lipinski definition) is 4. The van der Waals surface area contributed by atoms with Gasteiger partial charge in [-0.15, -0.1) is 11.3 Å². The summed E-state index contributed by atoms with van der Waals surface area (Å²) in [6.45, 7) is 3.60. The Hall–Kier alpha value is -2.93. The molecule has 148 valence electrons. The molecule has 2 atom stereocenters. The fraction of sp³-hybridized carbons (Fsp3) is 0.318. The standard InChI is InChI=1S/C22H22N4O2S/c1-13(21(27)23-17-9-5-7-15-6-3-4-8-16(15)17)26-22(28)19-12-20-18(10-11-29-20)25(19)14(2)24-26/h3-4,6,8,10-13,17H,5,7,9H2,1-2H3,(H,23,27)/t13-,17-/m1/s1. The number of thiophene rings is 1. The zero-order valence-corrected chi connectivity index (χ0v) is 17.2. The van der Waals surface area contributed by atoms with Gasteiger partial charge in [-0.3, -0.25) is 14.0 Å². The van der Waals surface area contributed by atoms with E-state index in [4.69, 9.17) is 0 Å². The van der Waals surface area contributed by atoms with Gasteiger partial charge in [0.2, 0.25) is 5.91 Å². The van der Waals surface area contributed by atoms with Gasteiger partial charge in [0, 0.05) is 0 Å². The number of amides is 1. The van der Waals surface area contributed by atoms with Crippen molar-refractivity contribution in [2.24, 2.45) is 0 Å². The molecule has 0 radical (unpaired) electrons. The minimum absolute atomic E-state index is 0.0194. The molecular formula is C22H22N4O2S. The molecular weight excluding hydrogens is 384 g/mol. The van der Waals surface area contributed by atoms with Gasteiger partial charge in [-0.2, -0.15) is 5.10 Å². The minimum atomic E-state index is -0.687. The monoisotopic (exact) mass is 406 g/mol. The number of hydrogen-bond donors (Lipinski definition) is 1. The molecule has 29 heavy (non-hydrogen) atoms. The number of fused-ring (bicyclic) bond motifs is 4. The average Bonchev–Trinajstić information content (AvgIpc) is 3.32. The number of rotatable bonds is 3. The molecule has 0 saturated heterocycles. The summed E-state index contributed by atoms with van der Waals surface area (Å²) in [6, 6.07) is 11.4. The van der Waals surface area contributed by atoms with E-state index in [-0.39, 0.29) is 17.5 Å². The summed E-state index contributed by atoms with van der Waals surface area (Å²) in [5.74, 6) is 0.508. The van der Waals surface area contributed by atoms with E-state index < -0.39 is 6.04 Å². The molecule has 0 saturated carbocycles. The van der Waals surface area contributed by atoms with Crippen LogP contribution in [0.3, 0.4) is 0 Å². The van der Waals surface area contributed by atoms with E-state index in [9.17, 15) is 9.59 Å². The lowest BCUT2D eigenvalue weighted by Crippen LogP contribution is -2.40. The van der Waals surface area contributed by atoms with Gasteiger partial charge in [0.15, 0.2) is 0 Å². The summed E-state index contributed by atoms with van der Waals surface area (Å²) < 4.78 is 4.23. The first-order valence-corrected chi connectivity index (χ1v) is 10.8. The molecule has 4 aromatic rings. The molecule has 0 unspecified atom stereocenters. The zero-order chi connectivity index (χ0) is 20.1. The van der Waals surface area contributed by atoms with Crippen LogP contribution in [0.15, 0.2) is 46.6 Å². The highest BCUT2D eigenvalue weighted by Gasteiger charge is 2.26. The Kier molecular flexibility index (Phi) is 4.28. The van der Waals surface area contributed by atoms with Crippen LogP contribution >= 0.6 is 11.3 Å². The number of nitrogens with zero attached hydrogens (tertiary/aromatic N) is 3. The van der Waals surface area contributed by atoms with E-state index in [0.29, 0.717) is 11.3 Å². The number of aryl methyl sites for hydroxylation is 2. The molecule has 0 aliphatic heterocycles. The third-order valence-corrected chi connectivity index (χ3v) is 6.71. The van der Waals surface area contributed by atoms with Gasteiger partial charge in [-0.05, 0) is 61.7 Å². The number of nitrogens with one attached hydrogen (secondary N) is 1. The molecule has 3 heterocycles. The van der Waals surface area contributed by atoms with Crippen LogP contribution in [0.25, 0.3) is 15.7 Å². The van der Waals surface area contributed by atoms with Crippen LogP contribution < -0.4 is 10.9 Å². The highest BCUT2D eigenvalue weighted by Crippen LogP contribution is 2.30. The SMILES string of the molecule is Cc1nn([C@H](C)C(=O)N[C@@H]2CCCc3ccccc32)c(=O)c2cc3sccc3n12. The van der Waals surface area contributed by atoms with E-state index in [1.54, 1.807) is 18.3 Å². The molecule has 5 rings (SSSR count). The smallest absolute Gasteiger partial charge is 0.291 e. The Labute approximate surface area is 171 Å². The van der Waals surface area contributed by atoms with Gasteiger partial charge in [0.1, 0.15) is 17.4 Å². The molecule has 1 aliphatic carbocycles. The van der Waals surface area contributed by atoms with Crippen molar-refractivity contribution < 1.29 is 4.79 Å². The second-order valence-corrected chi connectivity index (χ2v) is 8.61. The van der Waals surface area contributed by atoms with Crippen LogP contribution in [0.1, 0.15) is 48.8 Å². The molecule has 1 amide bonds. The quantitative estimate of drug-likeness (QED) is 0.563. The second kappa shape index (κ2) is 6.84. The van der Waals surface area contributed by atoms with Crippen molar-refractivity contribution >= 4 is 33.0 Å². The van der Waals surface area contributed by atoms with Crippen molar-refractivity contribution in [3.63, 3.8) is 0 Å². The van der Waals surface area contributed by atoms with Crippen molar-refractivity contribution in [2.45, 2.75) is 45.2 Å². The van der Waals surface area contributed by atoms with Gasteiger partial charge in [-0.25, -0.2) is 4.68 Å². The highest BCUT2D eigenvalue weighted by molar-refractivity contribution is 7.17. The lowest BCUT2D eigenvalue weighted by molar-refractivity contribution is -0.125. The maximum Gasteiger partial charge on any atom is 0.291 e. The summed E-state index contributed by atoms with van der Waals surface area (Å²) >= 11 is 1.59. The maximum atomic E-state index is 13.1.